The van der Waals surface area contributed by atoms with Crippen LogP contribution in [0.15, 0.2) is 11.1 Å². The van der Waals surface area contributed by atoms with Crippen LogP contribution in [0.1, 0.15) is 12.6 Å². The van der Waals surface area contributed by atoms with E-state index in [0.717, 1.165) is 13.1 Å². The number of aryl methyl sites for hydroxylation is 2. The minimum Gasteiger partial charge on any atom is -0.304 e. The van der Waals surface area contributed by atoms with Gasteiger partial charge in [-0.3, -0.25) is 4.68 Å². The summed E-state index contributed by atoms with van der Waals surface area (Å²) in [5.41, 5.74) is 0.579. The van der Waals surface area contributed by atoms with Crippen LogP contribution in [0.4, 0.5) is 0 Å². The third-order valence-corrected chi connectivity index (χ3v) is 5.31. The highest BCUT2D eigenvalue weighted by Gasteiger charge is 2.30. The van der Waals surface area contributed by atoms with Crippen LogP contribution in [-0.2, 0) is 16.6 Å². The largest absolute Gasteiger partial charge is 0.304 e. The minimum absolute atomic E-state index is 0.342. The fourth-order valence-corrected chi connectivity index (χ4v) is 3.67. The Balaban J connectivity index is 2.27. The summed E-state index contributed by atoms with van der Waals surface area (Å²) in [6, 6.07) is 0. The van der Waals surface area contributed by atoms with Crippen molar-refractivity contribution in [2.24, 2.45) is 0 Å². The Morgan fingerprint density at radius 1 is 1.28 bits per heavy atom. The molecule has 0 radical (unpaired) electrons. The summed E-state index contributed by atoms with van der Waals surface area (Å²) in [6.45, 7) is 7.03. The molecule has 1 aromatic rings. The summed E-state index contributed by atoms with van der Waals surface area (Å²) in [4.78, 5) is 2.47. The number of likely N-dealkylation sites (N-methyl/N-ethyl adjacent to an activating group) is 1. The van der Waals surface area contributed by atoms with Gasteiger partial charge in [0.2, 0.25) is 10.0 Å². The van der Waals surface area contributed by atoms with Gasteiger partial charge in [0.1, 0.15) is 4.90 Å². The first-order valence-electron chi connectivity index (χ1n) is 6.18. The highest BCUT2D eigenvalue weighted by Crippen LogP contribution is 2.20. The third-order valence-electron chi connectivity index (χ3n) is 3.31. The molecule has 1 fully saturated rings. The van der Waals surface area contributed by atoms with Crippen LogP contribution in [0.5, 0.6) is 0 Å². The summed E-state index contributed by atoms with van der Waals surface area (Å²) in [5, 5.41) is 4.21. The van der Waals surface area contributed by atoms with Crippen LogP contribution < -0.4 is 0 Å². The van der Waals surface area contributed by atoms with Crippen LogP contribution >= 0.6 is 0 Å². The fraction of sp³-hybridized carbons (Fsp3) is 0.727. The maximum atomic E-state index is 12.5. The number of rotatable bonds is 3. The second kappa shape index (κ2) is 4.99. The van der Waals surface area contributed by atoms with Gasteiger partial charge in [-0.25, -0.2) is 8.42 Å². The van der Waals surface area contributed by atoms with Crippen molar-refractivity contribution in [1.82, 2.24) is 19.0 Å². The summed E-state index contributed by atoms with van der Waals surface area (Å²) >= 11 is 0. The van der Waals surface area contributed by atoms with Gasteiger partial charge in [0.05, 0.1) is 5.69 Å². The van der Waals surface area contributed by atoms with E-state index in [1.165, 1.54) is 0 Å². The molecule has 1 aliphatic rings. The molecule has 7 heteroatoms. The molecule has 0 N–H and O–H groups in total. The second-order valence-electron chi connectivity index (χ2n) is 4.64. The van der Waals surface area contributed by atoms with E-state index in [1.807, 2.05) is 14.0 Å². The Morgan fingerprint density at radius 3 is 2.39 bits per heavy atom. The topological polar surface area (TPSA) is 58.4 Å². The lowest BCUT2D eigenvalue weighted by Crippen LogP contribution is -2.47. The summed E-state index contributed by atoms with van der Waals surface area (Å²) in [6.07, 6.45) is 1.63. The van der Waals surface area contributed by atoms with Crippen molar-refractivity contribution in [3.8, 4) is 0 Å². The number of hydrogen-bond acceptors (Lipinski definition) is 4. The summed E-state index contributed by atoms with van der Waals surface area (Å²) < 4.78 is 28.2. The molecule has 1 aliphatic heterocycles. The molecule has 0 aliphatic carbocycles. The number of piperazine rings is 1. The van der Waals surface area contributed by atoms with Crippen molar-refractivity contribution < 1.29 is 8.42 Å². The lowest BCUT2D eigenvalue weighted by molar-refractivity contribution is 0.222. The first kappa shape index (κ1) is 13.5. The predicted octanol–water partition coefficient (Wildman–Crippen LogP) is 0.148. The zero-order chi connectivity index (χ0) is 13.3. The number of hydrogen-bond donors (Lipinski definition) is 0. The predicted molar refractivity (Wildman–Crippen MR) is 68.9 cm³/mol. The van der Waals surface area contributed by atoms with Gasteiger partial charge in [-0.2, -0.15) is 9.40 Å². The number of aromatic nitrogens is 2. The molecule has 2 heterocycles. The monoisotopic (exact) mass is 272 g/mol. The Kier molecular flexibility index (Phi) is 3.74. The lowest BCUT2D eigenvalue weighted by atomic mass is 10.4. The molecular weight excluding hydrogens is 252 g/mol. The van der Waals surface area contributed by atoms with Crippen LogP contribution in [0.2, 0.25) is 0 Å². The van der Waals surface area contributed by atoms with E-state index in [2.05, 4.69) is 10.00 Å². The number of sulfonamides is 1. The SMILES string of the molecule is CCn1cc(S(=O)(=O)N2CCN(C)CC2)c(C)n1. The molecule has 18 heavy (non-hydrogen) atoms. The summed E-state index contributed by atoms with van der Waals surface area (Å²) in [5.74, 6) is 0. The van der Waals surface area contributed by atoms with Gasteiger partial charge < -0.3 is 4.90 Å². The van der Waals surface area contributed by atoms with E-state index in [4.69, 9.17) is 0 Å². The zero-order valence-corrected chi connectivity index (χ0v) is 11.9. The molecule has 0 amide bonds. The standard InChI is InChI=1S/C11H20N4O2S/c1-4-14-9-11(10(2)12-14)18(16,17)15-7-5-13(3)6-8-15/h9H,4-8H2,1-3H3. The molecule has 0 bridgehead atoms. The molecule has 0 atom stereocenters. The molecule has 6 nitrogen and oxygen atoms in total. The van der Waals surface area contributed by atoms with E-state index in [9.17, 15) is 8.42 Å². The van der Waals surface area contributed by atoms with E-state index < -0.39 is 10.0 Å². The van der Waals surface area contributed by atoms with Crippen molar-refractivity contribution >= 4 is 10.0 Å². The second-order valence-corrected chi connectivity index (χ2v) is 6.55. The normalized spacial score (nSPS) is 19.3. The highest BCUT2D eigenvalue weighted by atomic mass is 32.2. The molecule has 0 unspecified atom stereocenters. The van der Waals surface area contributed by atoms with Gasteiger partial charge in [-0.1, -0.05) is 0 Å². The van der Waals surface area contributed by atoms with Crippen molar-refractivity contribution in [3.05, 3.63) is 11.9 Å². The van der Waals surface area contributed by atoms with Crippen molar-refractivity contribution in [2.75, 3.05) is 33.2 Å². The van der Waals surface area contributed by atoms with Crippen LogP contribution in [0.3, 0.4) is 0 Å². The van der Waals surface area contributed by atoms with Crippen LogP contribution in [0, 0.1) is 6.92 Å². The van der Waals surface area contributed by atoms with E-state index >= 15 is 0 Å². The van der Waals surface area contributed by atoms with E-state index in [0.29, 0.717) is 30.2 Å². The van der Waals surface area contributed by atoms with Gasteiger partial charge in [0.25, 0.3) is 0 Å². The van der Waals surface area contributed by atoms with Gasteiger partial charge in [-0.05, 0) is 20.9 Å². The molecule has 102 valence electrons. The van der Waals surface area contributed by atoms with Crippen LogP contribution in [0.25, 0.3) is 0 Å². The molecular formula is C11H20N4O2S. The van der Waals surface area contributed by atoms with Crippen LogP contribution in [-0.4, -0.2) is 60.6 Å². The molecule has 2 rings (SSSR count). The van der Waals surface area contributed by atoms with Gasteiger partial charge >= 0.3 is 0 Å². The Bertz CT molecular complexity index is 515. The molecule has 0 spiro atoms. The Labute approximate surface area is 108 Å². The first-order chi connectivity index (χ1) is 8.45. The fourth-order valence-electron chi connectivity index (χ4n) is 2.08. The van der Waals surface area contributed by atoms with Crippen molar-refractivity contribution in [3.63, 3.8) is 0 Å². The van der Waals surface area contributed by atoms with E-state index in [-0.39, 0.29) is 0 Å². The molecule has 1 aromatic heterocycles. The Morgan fingerprint density at radius 2 is 1.89 bits per heavy atom. The maximum absolute atomic E-state index is 12.5. The van der Waals surface area contributed by atoms with Crippen molar-refractivity contribution in [1.29, 1.82) is 0 Å². The lowest BCUT2D eigenvalue weighted by Gasteiger charge is -2.31. The molecule has 0 saturated carbocycles. The van der Waals surface area contributed by atoms with E-state index in [1.54, 1.807) is 22.1 Å². The third kappa shape index (κ3) is 2.43. The highest BCUT2D eigenvalue weighted by molar-refractivity contribution is 7.89. The average molecular weight is 272 g/mol. The molecule has 0 aromatic carbocycles. The summed E-state index contributed by atoms with van der Waals surface area (Å²) in [7, 11) is -1.38. The average Bonchev–Trinajstić information content (AvgIpc) is 2.72. The Hall–Kier alpha value is -0.920. The molecule has 1 saturated heterocycles. The van der Waals surface area contributed by atoms with Gasteiger partial charge in [0, 0.05) is 38.9 Å². The zero-order valence-electron chi connectivity index (χ0n) is 11.1. The van der Waals surface area contributed by atoms with Crippen molar-refractivity contribution in [2.45, 2.75) is 25.3 Å². The first-order valence-corrected chi connectivity index (χ1v) is 7.62. The smallest absolute Gasteiger partial charge is 0.246 e. The van der Waals surface area contributed by atoms with Gasteiger partial charge in [0.15, 0.2) is 0 Å². The number of nitrogens with zero attached hydrogens (tertiary/aromatic N) is 4. The quantitative estimate of drug-likeness (QED) is 0.786. The maximum Gasteiger partial charge on any atom is 0.246 e. The minimum atomic E-state index is -3.38. The van der Waals surface area contributed by atoms with Gasteiger partial charge in [-0.15, -0.1) is 0 Å².